The van der Waals surface area contributed by atoms with E-state index >= 15 is 0 Å². The van der Waals surface area contributed by atoms with E-state index in [9.17, 15) is 0 Å². The summed E-state index contributed by atoms with van der Waals surface area (Å²) in [5.41, 5.74) is 12.8. The zero-order valence-corrected chi connectivity index (χ0v) is 35.4. The second-order valence-electron chi connectivity index (χ2n) is 18.3. The minimum absolute atomic E-state index is 0.0677. The van der Waals surface area contributed by atoms with Crippen molar-refractivity contribution >= 4 is 54.4 Å². The molecule has 5 nitrogen and oxygen atoms in total. The van der Waals surface area contributed by atoms with Gasteiger partial charge in [-0.05, 0) is 88.7 Å². The van der Waals surface area contributed by atoms with E-state index < -0.39 is 0 Å². The molecular weight excluding hydrogens is 755 g/mol. The lowest BCUT2D eigenvalue weighted by Gasteiger charge is -2.42. The Labute approximate surface area is 361 Å². The highest BCUT2D eigenvalue weighted by Gasteiger charge is 2.38. The van der Waals surface area contributed by atoms with Gasteiger partial charge in [-0.15, -0.1) is 0 Å². The number of fused-ring (bicyclic) bond motifs is 9. The Hall–Kier alpha value is -7.37. The van der Waals surface area contributed by atoms with Gasteiger partial charge in [-0.25, -0.2) is 15.0 Å². The van der Waals surface area contributed by atoms with Crippen LogP contribution >= 0.6 is 0 Å². The predicted octanol–water partition coefficient (Wildman–Crippen LogP) is 14.6. The first-order chi connectivity index (χ1) is 30.2. The van der Waals surface area contributed by atoms with E-state index in [1.807, 2.05) is 18.2 Å². The Morgan fingerprint density at radius 3 is 1.50 bits per heavy atom. The maximum absolute atomic E-state index is 5.30. The summed E-state index contributed by atoms with van der Waals surface area (Å²) in [4.78, 5) is 15.7. The van der Waals surface area contributed by atoms with Crippen molar-refractivity contribution in [1.82, 2.24) is 24.1 Å². The molecule has 0 spiro atoms. The van der Waals surface area contributed by atoms with Gasteiger partial charge in [0, 0.05) is 55.0 Å². The van der Waals surface area contributed by atoms with Crippen LogP contribution in [-0.2, 0) is 10.8 Å². The molecule has 0 radical (unpaired) electrons. The first-order valence-electron chi connectivity index (χ1n) is 21.7. The summed E-state index contributed by atoms with van der Waals surface area (Å²) in [5, 5.41) is 7.47. The molecule has 3 heterocycles. The number of hydrogen-bond acceptors (Lipinski definition) is 3. The number of benzene rings is 8. The molecule has 0 saturated carbocycles. The Kier molecular flexibility index (Phi) is 7.98. The summed E-state index contributed by atoms with van der Waals surface area (Å²) in [6.07, 6.45) is 2.33. The van der Waals surface area contributed by atoms with Gasteiger partial charge in [0.2, 0.25) is 0 Å². The maximum Gasteiger partial charge on any atom is 0.164 e. The zero-order chi connectivity index (χ0) is 41.7. The molecule has 1 aliphatic rings. The van der Waals surface area contributed by atoms with Crippen LogP contribution in [0.15, 0.2) is 176 Å². The van der Waals surface area contributed by atoms with Crippen LogP contribution in [0.1, 0.15) is 51.7 Å². The number of para-hydroxylation sites is 2. The highest BCUT2D eigenvalue weighted by Crippen LogP contribution is 2.49. The third kappa shape index (κ3) is 5.65. The molecule has 0 aliphatic heterocycles. The fraction of sp³-hybridized carbons (Fsp3) is 0.140. The van der Waals surface area contributed by atoms with Crippen LogP contribution in [0.5, 0.6) is 0 Å². The van der Waals surface area contributed by atoms with E-state index in [-0.39, 0.29) is 10.8 Å². The maximum atomic E-state index is 5.30. The third-order valence-electron chi connectivity index (χ3n) is 13.6. The molecular formula is C57H45N5. The number of nitrogens with zero attached hydrogens (tertiary/aromatic N) is 5. The number of rotatable bonds is 5. The lowest BCUT2D eigenvalue weighted by atomic mass is 9.63. The Bertz CT molecular complexity index is 3530. The normalized spacial score (nSPS) is 14.6. The Morgan fingerprint density at radius 2 is 0.871 bits per heavy atom. The van der Waals surface area contributed by atoms with Crippen molar-refractivity contribution in [2.75, 3.05) is 0 Å². The Morgan fingerprint density at radius 1 is 0.371 bits per heavy atom. The smallest absolute Gasteiger partial charge is 0.164 e. The van der Waals surface area contributed by atoms with E-state index in [4.69, 9.17) is 15.0 Å². The topological polar surface area (TPSA) is 48.5 Å². The summed E-state index contributed by atoms with van der Waals surface area (Å²) in [6, 6.07) is 63.2. The number of hydrogen-bond donors (Lipinski definition) is 0. The molecule has 12 rings (SSSR count). The summed E-state index contributed by atoms with van der Waals surface area (Å²) in [5.74, 6) is 1.89. The average molecular weight is 800 g/mol. The van der Waals surface area contributed by atoms with Crippen molar-refractivity contribution < 1.29 is 0 Å². The molecule has 0 N–H and O–H groups in total. The molecule has 0 atom stereocenters. The summed E-state index contributed by atoms with van der Waals surface area (Å²) < 4.78 is 4.83. The molecule has 5 heteroatoms. The molecule has 298 valence electrons. The SMILES string of the molecule is CC1(C)CCC(C)(C)c2cc3c(cc21)c1ccc2ccccc2c1n3-c1cccc(-c2nc(-c3ccccc3)nc(-c3cccc(-n4c5ccccc5c5ccccc54)c3)n2)c1. The highest BCUT2D eigenvalue weighted by molar-refractivity contribution is 6.19. The van der Waals surface area contributed by atoms with Gasteiger partial charge < -0.3 is 9.13 Å². The van der Waals surface area contributed by atoms with Crippen molar-refractivity contribution in [1.29, 1.82) is 0 Å². The van der Waals surface area contributed by atoms with Crippen LogP contribution in [0.3, 0.4) is 0 Å². The lowest BCUT2D eigenvalue weighted by molar-refractivity contribution is 0.332. The zero-order valence-electron chi connectivity index (χ0n) is 35.4. The van der Waals surface area contributed by atoms with Gasteiger partial charge in [0.1, 0.15) is 0 Å². The third-order valence-corrected chi connectivity index (χ3v) is 13.6. The van der Waals surface area contributed by atoms with Crippen LogP contribution in [0.25, 0.3) is 99.9 Å². The van der Waals surface area contributed by atoms with Gasteiger partial charge in [0.15, 0.2) is 17.5 Å². The number of aromatic nitrogens is 5. The molecule has 1 aliphatic carbocycles. The molecule has 0 fully saturated rings. The fourth-order valence-corrected chi connectivity index (χ4v) is 10.2. The van der Waals surface area contributed by atoms with Gasteiger partial charge in [-0.3, -0.25) is 0 Å². The van der Waals surface area contributed by atoms with Gasteiger partial charge in [0.25, 0.3) is 0 Å². The molecule has 0 bridgehead atoms. The van der Waals surface area contributed by atoms with Crippen molar-refractivity contribution in [2.24, 2.45) is 0 Å². The molecule has 0 saturated heterocycles. The fourth-order valence-electron chi connectivity index (χ4n) is 10.2. The van der Waals surface area contributed by atoms with Crippen LogP contribution in [-0.4, -0.2) is 24.1 Å². The second kappa shape index (κ2) is 13.6. The van der Waals surface area contributed by atoms with Crippen LogP contribution in [0.4, 0.5) is 0 Å². The van der Waals surface area contributed by atoms with Crippen molar-refractivity contribution in [3.05, 3.63) is 187 Å². The molecule has 0 amide bonds. The average Bonchev–Trinajstić information content (AvgIpc) is 3.83. The molecule has 3 aromatic heterocycles. The quantitative estimate of drug-likeness (QED) is 0.174. The van der Waals surface area contributed by atoms with Crippen LogP contribution < -0.4 is 0 Å². The monoisotopic (exact) mass is 799 g/mol. The first kappa shape index (κ1) is 36.5. The standard InChI is InChI=1S/C57H45N5/c1-56(2)30-31-57(3,4)48-35-51-46(34-47(48)56)45-29-28-36-16-8-9-23-42(36)52(45)62(51)41-22-15-20-39(33-41)55-59-53(37-17-6-5-7-18-37)58-54(60-55)38-19-14-21-40(32-38)61-49-26-12-10-24-43(49)44-25-11-13-27-50(44)61/h5-29,32-35H,30-31H2,1-4H3. The van der Waals surface area contributed by atoms with E-state index in [1.54, 1.807) is 0 Å². The van der Waals surface area contributed by atoms with Crippen molar-refractivity contribution in [2.45, 2.75) is 51.4 Å². The lowest BCUT2D eigenvalue weighted by Crippen LogP contribution is -2.33. The van der Waals surface area contributed by atoms with Crippen LogP contribution in [0, 0.1) is 0 Å². The highest BCUT2D eigenvalue weighted by atomic mass is 15.0. The van der Waals surface area contributed by atoms with Gasteiger partial charge >= 0.3 is 0 Å². The van der Waals surface area contributed by atoms with Crippen molar-refractivity contribution in [3.63, 3.8) is 0 Å². The van der Waals surface area contributed by atoms with E-state index in [0.29, 0.717) is 17.5 Å². The second-order valence-corrected chi connectivity index (χ2v) is 18.3. The summed E-state index contributed by atoms with van der Waals surface area (Å²) in [6.45, 7) is 9.66. The summed E-state index contributed by atoms with van der Waals surface area (Å²) >= 11 is 0. The van der Waals surface area contributed by atoms with E-state index in [2.05, 4.69) is 195 Å². The van der Waals surface area contributed by atoms with Gasteiger partial charge in [-0.1, -0.05) is 155 Å². The molecule has 8 aromatic carbocycles. The van der Waals surface area contributed by atoms with Crippen LogP contribution in [0.2, 0.25) is 0 Å². The molecule has 11 aromatic rings. The van der Waals surface area contributed by atoms with E-state index in [0.717, 1.165) is 45.5 Å². The molecule has 62 heavy (non-hydrogen) atoms. The minimum Gasteiger partial charge on any atom is -0.309 e. The van der Waals surface area contributed by atoms with Gasteiger partial charge in [-0.2, -0.15) is 0 Å². The molecule has 0 unspecified atom stereocenters. The van der Waals surface area contributed by atoms with Crippen molar-refractivity contribution in [3.8, 4) is 45.5 Å². The van der Waals surface area contributed by atoms with Gasteiger partial charge in [0.05, 0.1) is 22.1 Å². The summed E-state index contributed by atoms with van der Waals surface area (Å²) in [7, 11) is 0. The predicted molar refractivity (Wildman–Crippen MR) is 258 cm³/mol. The first-order valence-corrected chi connectivity index (χ1v) is 21.7. The van der Waals surface area contributed by atoms with E-state index in [1.165, 1.54) is 60.9 Å². The minimum atomic E-state index is 0.0677. The largest absolute Gasteiger partial charge is 0.309 e. The Balaban J connectivity index is 1.07.